The van der Waals surface area contributed by atoms with E-state index < -0.39 is 0 Å². The van der Waals surface area contributed by atoms with E-state index in [-0.39, 0.29) is 11.1 Å². The average Bonchev–Trinajstić information content (AvgIpc) is 2.39. The van der Waals surface area contributed by atoms with Gasteiger partial charge in [0, 0.05) is 23.7 Å². The Morgan fingerprint density at radius 1 is 1.14 bits per heavy atom. The van der Waals surface area contributed by atoms with E-state index in [0.717, 1.165) is 19.4 Å². The van der Waals surface area contributed by atoms with Gasteiger partial charge in [0.05, 0.1) is 5.60 Å². The average molecular weight is 356 g/mol. The van der Waals surface area contributed by atoms with Crippen LogP contribution in [0, 0.1) is 0 Å². The van der Waals surface area contributed by atoms with Gasteiger partial charge in [0.2, 0.25) is 0 Å². The largest absolute Gasteiger partial charge is 0.379 e. The third-order valence-electron chi connectivity index (χ3n) is 3.87. The molecule has 120 valence electrons. The molecule has 0 saturated heterocycles. The molecule has 2 nitrogen and oxygen atoms in total. The third kappa shape index (κ3) is 6.94. The summed E-state index contributed by atoms with van der Waals surface area (Å²) in [6, 6.07) is 8.53. The Labute approximate surface area is 138 Å². The summed E-state index contributed by atoms with van der Waals surface area (Å²) in [5, 5.41) is 3.64. The molecule has 1 aromatic carbocycles. The predicted octanol–water partition coefficient (Wildman–Crippen LogP) is 5.13. The third-order valence-corrected chi connectivity index (χ3v) is 4.59. The minimum Gasteiger partial charge on any atom is -0.379 e. The van der Waals surface area contributed by atoms with Crippen molar-refractivity contribution in [2.75, 3.05) is 13.7 Å². The number of benzene rings is 1. The number of hydrogen-bond acceptors (Lipinski definition) is 2. The first-order valence-electron chi connectivity index (χ1n) is 7.69. The van der Waals surface area contributed by atoms with Gasteiger partial charge in [0.25, 0.3) is 0 Å². The van der Waals surface area contributed by atoms with Gasteiger partial charge in [0.15, 0.2) is 0 Å². The highest BCUT2D eigenvalue weighted by Gasteiger charge is 2.22. The Balaban J connectivity index is 2.83. The van der Waals surface area contributed by atoms with Crippen molar-refractivity contribution in [3.63, 3.8) is 0 Å². The zero-order valence-electron chi connectivity index (χ0n) is 14.3. The SMILES string of the molecule is COC(C)(C)CCC(CNC(C)(C)C)c1ccccc1Br. The Morgan fingerprint density at radius 3 is 2.29 bits per heavy atom. The molecule has 0 fully saturated rings. The van der Waals surface area contributed by atoms with E-state index in [9.17, 15) is 0 Å². The second kappa shape index (κ2) is 7.75. The molecule has 0 bridgehead atoms. The van der Waals surface area contributed by atoms with Crippen LogP contribution in [-0.2, 0) is 4.74 Å². The second-order valence-electron chi connectivity index (χ2n) is 7.35. The van der Waals surface area contributed by atoms with Crippen molar-refractivity contribution in [1.29, 1.82) is 0 Å². The van der Waals surface area contributed by atoms with Crippen LogP contribution in [-0.4, -0.2) is 24.8 Å². The molecule has 0 spiro atoms. The topological polar surface area (TPSA) is 21.3 Å². The number of rotatable bonds is 7. The Morgan fingerprint density at radius 2 is 1.76 bits per heavy atom. The van der Waals surface area contributed by atoms with E-state index >= 15 is 0 Å². The quantitative estimate of drug-likeness (QED) is 0.732. The van der Waals surface area contributed by atoms with Crippen LogP contribution in [0.25, 0.3) is 0 Å². The van der Waals surface area contributed by atoms with Crippen molar-refractivity contribution in [1.82, 2.24) is 5.32 Å². The molecular formula is C18H30BrNO. The molecule has 0 saturated carbocycles. The molecule has 21 heavy (non-hydrogen) atoms. The lowest BCUT2D eigenvalue weighted by Crippen LogP contribution is -2.39. The Bertz CT molecular complexity index is 437. The molecule has 3 heteroatoms. The van der Waals surface area contributed by atoms with Gasteiger partial charge in [-0.1, -0.05) is 34.1 Å². The van der Waals surface area contributed by atoms with Crippen LogP contribution in [0.4, 0.5) is 0 Å². The van der Waals surface area contributed by atoms with E-state index in [2.05, 4.69) is 80.1 Å². The number of hydrogen-bond donors (Lipinski definition) is 1. The highest BCUT2D eigenvalue weighted by atomic mass is 79.9. The van der Waals surface area contributed by atoms with Crippen LogP contribution in [0.1, 0.15) is 58.9 Å². The summed E-state index contributed by atoms with van der Waals surface area (Å²) in [6.45, 7) is 11.9. The molecule has 0 aromatic heterocycles. The summed E-state index contributed by atoms with van der Waals surface area (Å²) in [4.78, 5) is 0. The normalized spacial score (nSPS) is 14.2. The molecule has 0 aliphatic carbocycles. The molecule has 0 aliphatic heterocycles. The smallest absolute Gasteiger partial charge is 0.0623 e. The first-order valence-corrected chi connectivity index (χ1v) is 8.48. The number of ether oxygens (including phenoxy) is 1. The summed E-state index contributed by atoms with van der Waals surface area (Å²) in [5.74, 6) is 0.481. The lowest BCUT2D eigenvalue weighted by Gasteiger charge is -2.29. The molecule has 0 amide bonds. The van der Waals surface area contributed by atoms with Crippen molar-refractivity contribution in [3.8, 4) is 0 Å². The van der Waals surface area contributed by atoms with Gasteiger partial charge in [-0.05, 0) is 65.0 Å². The Hall–Kier alpha value is -0.380. The van der Waals surface area contributed by atoms with Crippen LogP contribution >= 0.6 is 15.9 Å². The van der Waals surface area contributed by atoms with Crippen molar-refractivity contribution in [2.24, 2.45) is 0 Å². The van der Waals surface area contributed by atoms with Gasteiger partial charge < -0.3 is 10.1 Å². The lowest BCUT2D eigenvalue weighted by atomic mass is 9.89. The van der Waals surface area contributed by atoms with Gasteiger partial charge in [-0.2, -0.15) is 0 Å². The van der Waals surface area contributed by atoms with Crippen LogP contribution < -0.4 is 5.32 Å². The lowest BCUT2D eigenvalue weighted by molar-refractivity contribution is 0.0123. The maximum absolute atomic E-state index is 5.57. The van der Waals surface area contributed by atoms with Crippen molar-refractivity contribution in [2.45, 2.75) is 64.5 Å². The second-order valence-corrected chi connectivity index (χ2v) is 8.21. The van der Waals surface area contributed by atoms with Crippen molar-refractivity contribution < 1.29 is 4.74 Å². The van der Waals surface area contributed by atoms with Crippen LogP contribution in [0.15, 0.2) is 28.7 Å². The molecule has 1 N–H and O–H groups in total. The fraction of sp³-hybridized carbons (Fsp3) is 0.667. The summed E-state index contributed by atoms with van der Waals surface area (Å²) in [5.41, 5.74) is 1.44. The maximum Gasteiger partial charge on any atom is 0.0623 e. The molecule has 0 heterocycles. The molecule has 0 radical (unpaired) electrons. The van der Waals surface area contributed by atoms with E-state index in [1.54, 1.807) is 7.11 Å². The number of halogens is 1. The van der Waals surface area contributed by atoms with E-state index in [1.165, 1.54) is 10.0 Å². The molecular weight excluding hydrogens is 326 g/mol. The Kier molecular flexibility index (Phi) is 6.89. The monoisotopic (exact) mass is 355 g/mol. The van der Waals surface area contributed by atoms with Crippen LogP contribution in [0.5, 0.6) is 0 Å². The summed E-state index contributed by atoms with van der Waals surface area (Å²) in [6.07, 6.45) is 2.15. The van der Waals surface area contributed by atoms with E-state index in [0.29, 0.717) is 5.92 Å². The van der Waals surface area contributed by atoms with Crippen LogP contribution in [0.3, 0.4) is 0 Å². The van der Waals surface area contributed by atoms with Gasteiger partial charge in [0.1, 0.15) is 0 Å². The summed E-state index contributed by atoms with van der Waals surface area (Å²) >= 11 is 3.70. The standard InChI is InChI=1S/C18H30BrNO/c1-17(2,3)20-13-14(11-12-18(4,5)21-6)15-9-7-8-10-16(15)19/h7-10,14,20H,11-13H2,1-6H3. The number of methoxy groups -OCH3 is 1. The molecule has 1 atom stereocenters. The van der Waals surface area contributed by atoms with Gasteiger partial charge in [-0.3, -0.25) is 0 Å². The van der Waals surface area contributed by atoms with Crippen LogP contribution in [0.2, 0.25) is 0 Å². The summed E-state index contributed by atoms with van der Waals surface area (Å²) < 4.78 is 6.76. The summed E-state index contributed by atoms with van der Waals surface area (Å²) in [7, 11) is 1.79. The highest BCUT2D eigenvalue weighted by Crippen LogP contribution is 2.31. The molecule has 1 aromatic rings. The first-order chi connectivity index (χ1) is 9.64. The number of nitrogens with one attached hydrogen (secondary N) is 1. The molecule has 0 aliphatic rings. The van der Waals surface area contributed by atoms with Crippen molar-refractivity contribution >= 4 is 15.9 Å². The zero-order chi connectivity index (χ0) is 16.1. The fourth-order valence-electron chi connectivity index (χ4n) is 2.23. The molecule has 1 unspecified atom stereocenters. The molecule has 1 rings (SSSR count). The van der Waals surface area contributed by atoms with E-state index in [4.69, 9.17) is 4.74 Å². The maximum atomic E-state index is 5.57. The van der Waals surface area contributed by atoms with Crippen molar-refractivity contribution in [3.05, 3.63) is 34.3 Å². The minimum atomic E-state index is -0.0682. The predicted molar refractivity (Wildman–Crippen MR) is 95.0 cm³/mol. The first kappa shape index (κ1) is 18.7. The zero-order valence-corrected chi connectivity index (χ0v) is 15.9. The minimum absolute atomic E-state index is 0.0682. The van der Waals surface area contributed by atoms with E-state index in [1.807, 2.05) is 0 Å². The van der Waals surface area contributed by atoms with Gasteiger partial charge in [-0.25, -0.2) is 0 Å². The fourth-order valence-corrected chi connectivity index (χ4v) is 2.84. The highest BCUT2D eigenvalue weighted by molar-refractivity contribution is 9.10. The van der Waals surface area contributed by atoms with Gasteiger partial charge >= 0.3 is 0 Å². The van der Waals surface area contributed by atoms with Gasteiger partial charge in [-0.15, -0.1) is 0 Å².